The van der Waals surface area contributed by atoms with Gasteiger partial charge in [-0.15, -0.1) is 0 Å². The maximum atomic E-state index is 14.1. The van der Waals surface area contributed by atoms with Crippen LogP contribution in [0.5, 0.6) is 5.75 Å². The van der Waals surface area contributed by atoms with Gasteiger partial charge in [0.05, 0.1) is 28.3 Å². The van der Waals surface area contributed by atoms with Crippen molar-refractivity contribution in [3.63, 3.8) is 0 Å². The minimum atomic E-state index is -1.37. The number of aromatic nitrogens is 3. The predicted octanol–water partition coefficient (Wildman–Crippen LogP) is 4.82. The van der Waals surface area contributed by atoms with E-state index in [0.717, 1.165) is 24.5 Å². The Kier molecular flexibility index (Phi) is 6.89. The average Bonchev–Trinajstić information content (AvgIpc) is 2.77. The fraction of sp³-hybridized carbons (Fsp3) is 0.250. The Bertz CT molecular complexity index is 1210. The molecule has 1 heterocycles. The number of nitrogens with zero attached hydrogens (tertiary/aromatic N) is 4. The van der Waals surface area contributed by atoms with E-state index >= 15 is 0 Å². The third-order valence-corrected chi connectivity index (χ3v) is 5.15. The van der Waals surface area contributed by atoms with Crippen LogP contribution in [0.3, 0.4) is 0 Å². The van der Waals surface area contributed by atoms with Gasteiger partial charge in [-0.05, 0) is 25.5 Å². The number of hydrogen-bond acceptors (Lipinski definition) is 9. The third kappa shape index (κ3) is 5.23. The number of ether oxygens (including phenoxy) is 1. The molecule has 0 saturated carbocycles. The lowest BCUT2D eigenvalue weighted by Gasteiger charge is -2.25. The van der Waals surface area contributed by atoms with E-state index in [1.54, 1.807) is 6.92 Å². The zero-order valence-electron chi connectivity index (χ0n) is 17.7. The zero-order chi connectivity index (χ0) is 24.3. The van der Waals surface area contributed by atoms with E-state index in [4.69, 9.17) is 16.3 Å². The number of nitrogens with one attached hydrogen (secondary N) is 2. The molecule has 1 aromatic heterocycles. The Morgan fingerprint density at radius 3 is 2.36 bits per heavy atom. The molecule has 0 fully saturated rings. The van der Waals surface area contributed by atoms with Gasteiger partial charge in [-0.3, -0.25) is 10.1 Å². The largest absolute Gasteiger partial charge is 0.494 e. The van der Waals surface area contributed by atoms with Gasteiger partial charge in [-0.2, -0.15) is 9.37 Å². The topological polar surface area (TPSA) is 135 Å². The van der Waals surface area contributed by atoms with Crippen molar-refractivity contribution in [2.75, 3.05) is 17.7 Å². The molecule has 0 radical (unpaired) electrons. The second kappa shape index (κ2) is 9.46. The predicted molar refractivity (Wildman–Crippen MR) is 117 cm³/mol. The highest BCUT2D eigenvalue weighted by molar-refractivity contribution is 6.31. The van der Waals surface area contributed by atoms with Crippen molar-refractivity contribution in [3.8, 4) is 5.75 Å². The van der Waals surface area contributed by atoms with E-state index in [1.165, 1.54) is 20.1 Å². The zero-order valence-corrected chi connectivity index (χ0v) is 18.4. The standard InChI is InChI=1S/C20H19ClF2N6O4/c1-4-20(2,30)10-5-12(22)11(21)6-14(10)26-18-24-9-25-19(28-18)27-15-8-16(29(31)32)13(23)7-17(15)33-3/h5-9,30H,4H2,1-3H3,(H2,24,25,26,27,28). The highest BCUT2D eigenvalue weighted by Crippen LogP contribution is 2.36. The fourth-order valence-electron chi connectivity index (χ4n) is 2.89. The van der Waals surface area contributed by atoms with Crippen LogP contribution in [0.1, 0.15) is 25.8 Å². The van der Waals surface area contributed by atoms with Gasteiger partial charge in [0, 0.05) is 23.4 Å². The number of nitro benzene ring substituents is 1. The molecule has 1 unspecified atom stereocenters. The maximum Gasteiger partial charge on any atom is 0.307 e. The highest BCUT2D eigenvalue weighted by Gasteiger charge is 2.26. The van der Waals surface area contributed by atoms with Gasteiger partial charge in [-0.1, -0.05) is 18.5 Å². The van der Waals surface area contributed by atoms with Crippen LogP contribution in [-0.4, -0.2) is 32.1 Å². The van der Waals surface area contributed by atoms with E-state index in [9.17, 15) is 24.0 Å². The quantitative estimate of drug-likeness (QED) is 0.306. The summed E-state index contributed by atoms with van der Waals surface area (Å²) >= 11 is 5.91. The molecule has 3 aromatic rings. The summed E-state index contributed by atoms with van der Waals surface area (Å²) in [6.07, 6.45) is 1.43. The van der Waals surface area contributed by atoms with Gasteiger partial charge in [0.1, 0.15) is 17.9 Å². The van der Waals surface area contributed by atoms with Crippen LogP contribution >= 0.6 is 11.6 Å². The summed E-state index contributed by atoms with van der Waals surface area (Å²) in [6.45, 7) is 3.26. The van der Waals surface area contributed by atoms with Crippen LogP contribution in [0.25, 0.3) is 0 Å². The monoisotopic (exact) mass is 480 g/mol. The lowest BCUT2D eigenvalue weighted by Crippen LogP contribution is -2.22. The summed E-state index contributed by atoms with van der Waals surface area (Å²) in [5, 5.41) is 27.1. The second-order valence-electron chi connectivity index (χ2n) is 7.08. The number of hydrogen-bond donors (Lipinski definition) is 3. The molecule has 10 nitrogen and oxygen atoms in total. The van der Waals surface area contributed by atoms with Crippen LogP contribution in [0.2, 0.25) is 5.02 Å². The summed E-state index contributed by atoms with van der Waals surface area (Å²) in [7, 11) is 1.27. The third-order valence-electron chi connectivity index (χ3n) is 4.86. The van der Waals surface area contributed by atoms with Gasteiger partial charge >= 0.3 is 5.69 Å². The number of benzene rings is 2. The second-order valence-corrected chi connectivity index (χ2v) is 7.49. The number of halogens is 3. The highest BCUT2D eigenvalue weighted by atomic mass is 35.5. The molecule has 13 heteroatoms. The molecule has 0 aliphatic heterocycles. The Morgan fingerprint density at radius 2 is 1.79 bits per heavy atom. The van der Waals surface area contributed by atoms with E-state index in [2.05, 4.69) is 25.6 Å². The molecular weight excluding hydrogens is 462 g/mol. The van der Waals surface area contributed by atoms with E-state index in [1.807, 2.05) is 0 Å². The first kappa shape index (κ1) is 24.0. The maximum absolute atomic E-state index is 14.1. The van der Waals surface area contributed by atoms with Crippen molar-refractivity contribution in [1.29, 1.82) is 0 Å². The molecule has 0 bridgehead atoms. The normalized spacial score (nSPS) is 12.7. The molecule has 0 saturated heterocycles. The van der Waals surface area contributed by atoms with Crippen molar-refractivity contribution in [2.24, 2.45) is 0 Å². The summed E-state index contributed by atoms with van der Waals surface area (Å²) in [6, 6.07) is 4.22. The van der Waals surface area contributed by atoms with Crippen LogP contribution in [0, 0.1) is 21.7 Å². The number of rotatable bonds is 8. The Balaban J connectivity index is 1.96. The van der Waals surface area contributed by atoms with Gasteiger partial charge in [0.25, 0.3) is 0 Å². The molecule has 0 spiro atoms. The molecule has 3 rings (SSSR count). The summed E-state index contributed by atoms with van der Waals surface area (Å²) in [5.74, 6) is -1.83. The fourth-order valence-corrected chi connectivity index (χ4v) is 3.06. The minimum Gasteiger partial charge on any atom is -0.494 e. The molecule has 174 valence electrons. The van der Waals surface area contributed by atoms with Crippen LogP contribution in [-0.2, 0) is 5.60 Å². The van der Waals surface area contributed by atoms with Crippen LogP contribution in [0.15, 0.2) is 30.6 Å². The number of nitro groups is 1. The lowest BCUT2D eigenvalue weighted by atomic mass is 9.91. The Morgan fingerprint density at radius 1 is 1.15 bits per heavy atom. The van der Waals surface area contributed by atoms with Gasteiger partial charge in [0.15, 0.2) is 0 Å². The molecule has 2 aromatic carbocycles. The molecule has 0 amide bonds. The van der Waals surface area contributed by atoms with Crippen molar-refractivity contribution in [1.82, 2.24) is 15.0 Å². The van der Waals surface area contributed by atoms with E-state index < -0.39 is 27.8 Å². The summed E-state index contributed by atoms with van der Waals surface area (Å²) in [4.78, 5) is 22.3. The molecular formula is C20H19ClF2N6O4. The van der Waals surface area contributed by atoms with Crippen molar-refractivity contribution in [2.45, 2.75) is 25.9 Å². The van der Waals surface area contributed by atoms with Crippen molar-refractivity contribution in [3.05, 3.63) is 62.9 Å². The van der Waals surface area contributed by atoms with Crippen LogP contribution < -0.4 is 15.4 Å². The lowest BCUT2D eigenvalue weighted by molar-refractivity contribution is -0.387. The summed E-state index contributed by atoms with van der Waals surface area (Å²) < 4.78 is 33.0. The SMILES string of the molecule is CCC(C)(O)c1cc(F)c(Cl)cc1Nc1ncnc(Nc2cc([N+](=O)[O-])c(F)cc2OC)n1. The minimum absolute atomic E-state index is 0.00101. The average molecular weight is 481 g/mol. The van der Waals surface area contributed by atoms with Gasteiger partial charge in [-0.25, -0.2) is 14.4 Å². The van der Waals surface area contributed by atoms with Gasteiger partial charge in [0.2, 0.25) is 17.7 Å². The first-order chi connectivity index (χ1) is 15.6. The number of aliphatic hydroxyl groups is 1. The number of anilines is 4. The molecule has 0 aliphatic rings. The first-order valence-electron chi connectivity index (χ1n) is 9.52. The molecule has 33 heavy (non-hydrogen) atoms. The summed E-state index contributed by atoms with van der Waals surface area (Å²) in [5.41, 5.74) is -1.60. The Labute approximate surface area is 191 Å². The first-order valence-corrected chi connectivity index (χ1v) is 9.90. The van der Waals surface area contributed by atoms with E-state index in [0.29, 0.717) is 0 Å². The van der Waals surface area contributed by atoms with E-state index in [-0.39, 0.29) is 46.0 Å². The molecule has 1 atom stereocenters. The Hall–Kier alpha value is -3.64. The number of methoxy groups -OCH3 is 1. The van der Waals surface area contributed by atoms with Gasteiger partial charge < -0.3 is 20.5 Å². The smallest absolute Gasteiger partial charge is 0.307 e. The van der Waals surface area contributed by atoms with Crippen molar-refractivity contribution >= 4 is 40.6 Å². The van der Waals surface area contributed by atoms with Crippen LogP contribution in [0.4, 0.5) is 37.7 Å². The molecule has 0 aliphatic carbocycles. The molecule has 3 N–H and O–H groups in total. The van der Waals surface area contributed by atoms with Crippen molar-refractivity contribution < 1.29 is 23.5 Å².